The Bertz CT molecular complexity index is 709. The average Bonchev–Trinajstić information content (AvgIpc) is 2.52. The fraction of sp³-hybridized carbons (Fsp3) is 0.500. The van der Waals surface area contributed by atoms with E-state index in [1.54, 1.807) is 0 Å². The number of phenols is 1. The van der Waals surface area contributed by atoms with Crippen LogP contribution >= 0.6 is 0 Å². The zero-order valence-corrected chi connectivity index (χ0v) is 16.6. The van der Waals surface area contributed by atoms with E-state index in [4.69, 9.17) is 0 Å². The Hall–Kier alpha value is -1.87. The Morgan fingerprint density at radius 1 is 1.04 bits per heavy atom. The van der Waals surface area contributed by atoms with Gasteiger partial charge in [0.1, 0.15) is 5.75 Å². The molecule has 136 valence electrons. The maximum Gasteiger partial charge on any atom is 0.123 e. The highest BCUT2D eigenvalue weighted by Crippen LogP contribution is 2.37. The number of aromatic nitrogens is 1. The summed E-state index contributed by atoms with van der Waals surface area (Å²) in [7, 11) is 0. The van der Waals surface area contributed by atoms with Crippen molar-refractivity contribution in [2.75, 3.05) is 0 Å². The molecule has 0 aliphatic heterocycles. The van der Waals surface area contributed by atoms with Gasteiger partial charge < -0.3 is 10.4 Å². The van der Waals surface area contributed by atoms with E-state index in [1.807, 2.05) is 24.4 Å². The van der Waals surface area contributed by atoms with Crippen LogP contribution in [0, 0.1) is 0 Å². The van der Waals surface area contributed by atoms with Crippen LogP contribution in [0.5, 0.6) is 5.75 Å². The van der Waals surface area contributed by atoms with Crippen LogP contribution in [0.15, 0.2) is 36.5 Å². The molecule has 25 heavy (non-hydrogen) atoms. The summed E-state index contributed by atoms with van der Waals surface area (Å²) in [6.07, 6.45) is 1.81. The summed E-state index contributed by atoms with van der Waals surface area (Å²) in [4.78, 5) is 4.40. The topological polar surface area (TPSA) is 45.1 Å². The lowest BCUT2D eigenvalue weighted by Crippen LogP contribution is -2.22. The van der Waals surface area contributed by atoms with Gasteiger partial charge in [0.05, 0.1) is 5.69 Å². The summed E-state index contributed by atoms with van der Waals surface area (Å²) in [5.41, 5.74) is 4.13. The molecular formula is C22H32N2O. The molecule has 0 bridgehead atoms. The summed E-state index contributed by atoms with van der Waals surface area (Å²) in [5.74, 6) is 0.404. The molecular weight excluding hydrogens is 308 g/mol. The second-order valence-corrected chi connectivity index (χ2v) is 8.89. The van der Waals surface area contributed by atoms with E-state index in [2.05, 4.69) is 70.9 Å². The standard InChI is InChI=1S/C22H32N2O/c1-15(19-10-8-9-11-23-19)24-14-16-12-17(21(2,3)4)13-18(20(16)25)22(5,6)7/h8-13,15,24-25H,14H2,1-7H3/t15-/m0/s1. The minimum absolute atomic E-state index is 0.0368. The minimum atomic E-state index is -0.104. The van der Waals surface area contributed by atoms with Crippen LogP contribution < -0.4 is 5.32 Å². The Kier molecular flexibility index (Phi) is 5.58. The summed E-state index contributed by atoms with van der Waals surface area (Å²) >= 11 is 0. The molecule has 2 rings (SSSR count). The van der Waals surface area contributed by atoms with Crippen molar-refractivity contribution in [1.29, 1.82) is 0 Å². The molecule has 0 fully saturated rings. The highest BCUT2D eigenvalue weighted by atomic mass is 16.3. The van der Waals surface area contributed by atoms with Crippen molar-refractivity contribution in [1.82, 2.24) is 10.3 Å². The van der Waals surface area contributed by atoms with Crippen molar-refractivity contribution in [2.24, 2.45) is 0 Å². The van der Waals surface area contributed by atoms with Gasteiger partial charge in [-0.1, -0.05) is 59.7 Å². The SMILES string of the molecule is C[C@H](NCc1cc(C(C)(C)C)cc(C(C)(C)C)c1O)c1ccccn1. The van der Waals surface area contributed by atoms with Crippen LogP contribution in [0.4, 0.5) is 0 Å². The third-order valence-corrected chi connectivity index (χ3v) is 4.59. The quantitative estimate of drug-likeness (QED) is 0.800. The second-order valence-electron chi connectivity index (χ2n) is 8.89. The van der Waals surface area contributed by atoms with E-state index in [1.165, 1.54) is 5.56 Å². The maximum atomic E-state index is 10.8. The fourth-order valence-electron chi connectivity index (χ4n) is 2.83. The molecule has 0 spiro atoms. The number of benzene rings is 1. The Balaban J connectivity index is 2.33. The van der Waals surface area contributed by atoms with Gasteiger partial charge in [-0.25, -0.2) is 0 Å². The van der Waals surface area contributed by atoms with Crippen LogP contribution in [0.3, 0.4) is 0 Å². The first kappa shape index (κ1) is 19.5. The van der Waals surface area contributed by atoms with Gasteiger partial charge in [-0.2, -0.15) is 0 Å². The number of hydrogen-bond acceptors (Lipinski definition) is 3. The van der Waals surface area contributed by atoms with Gasteiger partial charge in [-0.15, -0.1) is 0 Å². The summed E-state index contributed by atoms with van der Waals surface area (Å²) < 4.78 is 0. The fourth-order valence-corrected chi connectivity index (χ4v) is 2.83. The van der Waals surface area contributed by atoms with E-state index < -0.39 is 0 Å². The number of nitrogens with one attached hydrogen (secondary N) is 1. The normalized spacial score (nSPS) is 13.7. The van der Waals surface area contributed by atoms with E-state index in [9.17, 15) is 5.11 Å². The van der Waals surface area contributed by atoms with Crippen LogP contribution in [0.25, 0.3) is 0 Å². The zero-order chi connectivity index (χ0) is 18.8. The number of hydrogen-bond donors (Lipinski definition) is 2. The van der Waals surface area contributed by atoms with Gasteiger partial charge in [0, 0.05) is 24.3 Å². The highest BCUT2D eigenvalue weighted by molar-refractivity contribution is 5.48. The Morgan fingerprint density at radius 2 is 1.72 bits per heavy atom. The van der Waals surface area contributed by atoms with Gasteiger partial charge in [0.15, 0.2) is 0 Å². The molecule has 0 saturated heterocycles. The molecule has 0 unspecified atom stereocenters. The van der Waals surface area contributed by atoms with Gasteiger partial charge >= 0.3 is 0 Å². The van der Waals surface area contributed by atoms with Crippen molar-refractivity contribution in [2.45, 2.75) is 71.9 Å². The molecule has 0 aliphatic rings. The highest BCUT2D eigenvalue weighted by Gasteiger charge is 2.25. The first-order valence-corrected chi connectivity index (χ1v) is 9.01. The lowest BCUT2D eigenvalue weighted by Gasteiger charge is -2.28. The lowest BCUT2D eigenvalue weighted by atomic mass is 9.79. The van der Waals surface area contributed by atoms with Gasteiger partial charge in [-0.05, 0) is 41.0 Å². The van der Waals surface area contributed by atoms with E-state index in [0.29, 0.717) is 12.3 Å². The monoisotopic (exact) mass is 340 g/mol. The molecule has 0 aliphatic carbocycles. The predicted molar refractivity (Wildman–Crippen MR) is 105 cm³/mol. The number of phenolic OH excluding ortho intramolecular Hbond substituents is 1. The first-order chi connectivity index (χ1) is 11.5. The van der Waals surface area contributed by atoms with Gasteiger partial charge in [-0.3, -0.25) is 4.98 Å². The number of aromatic hydroxyl groups is 1. The molecule has 1 atom stereocenters. The van der Waals surface area contributed by atoms with Crippen molar-refractivity contribution in [3.05, 3.63) is 58.9 Å². The molecule has 0 saturated carbocycles. The molecule has 0 radical (unpaired) electrons. The zero-order valence-electron chi connectivity index (χ0n) is 16.6. The van der Waals surface area contributed by atoms with E-state index >= 15 is 0 Å². The number of pyridine rings is 1. The smallest absolute Gasteiger partial charge is 0.123 e. The van der Waals surface area contributed by atoms with E-state index in [0.717, 1.165) is 16.8 Å². The average molecular weight is 341 g/mol. The van der Waals surface area contributed by atoms with Crippen molar-refractivity contribution in [3.63, 3.8) is 0 Å². The Labute approximate surface area is 152 Å². The summed E-state index contributed by atoms with van der Waals surface area (Å²) in [5, 5.41) is 14.3. The first-order valence-electron chi connectivity index (χ1n) is 9.01. The maximum absolute atomic E-state index is 10.8. The van der Waals surface area contributed by atoms with Crippen molar-refractivity contribution < 1.29 is 5.11 Å². The molecule has 1 aromatic carbocycles. The lowest BCUT2D eigenvalue weighted by molar-refractivity contribution is 0.432. The van der Waals surface area contributed by atoms with Crippen molar-refractivity contribution in [3.8, 4) is 5.75 Å². The summed E-state index contributed by atoms with van der Waals surface area (Å²) in [6.45, 7) is 15.7. The third kappa shape index (κ3) is 4.82. The van der Waals surface area contributed by atoms with Crippen LogP contribution in [0.2, 0.25) is 0 Å². The number of rotatable bonds is 4. The Morgan fingerprint density at radius 3 is 2.24 bits per heavy atom. The molecule has 1 aromatic heterocycles. The molecule has 3 heteroatoms. The minimum Gasteiger partial charge on any atom is -0.507 e. The van der Waals surface area contributed by atoms with Gasteiger partial charge in [0.25, 0.3) is 0 Å². The third-order valence-electron chi connectivity index (χ3n) is 4.59. The molecule has 3 nitrogen and oxygen atoms in total. The molecule has 0 amide bonds. The molecule has 2 N–H and O–H groups in total. The van der Waals surface area contributed by atoms with Crippen molar-refractivity contribution >= 4 is 0 Å². The van der Waals surface area contributed by atoms with Gasteiger partial charge in [0.2, 0.25) is 0 Å². The molecule has 2 aromatic rings. The van der Waals surface area contributed by atoms with E-state index in [-0.39, 0.29) is 16.9 Å². The van der Waals surface area contributed by atoms with Crippen LogP contribution in [0.1, 0.15) is 76.9 Å². The van der Waals surface area contributed by atoms with Crippen LogP contribution in [-0.2, 0) is 17.4 Å². The second kappa shape index (κ2) is 7.17. The predicted octanol–water partition coefficient (Wildman–Crippen LogP) is 5.23. The summed E-state index contributed by atoms with van der Waals surface area (Å²) in [6, 6.07) is 10.3. The molecule has 1 heterocycles. The largest absolute Gasteiger partial charge is 0.507 e. The van der Waals surface area contributed by atoms with Crippen LogP contribution in [-0.4, -0.2) is 10.1 Å². The number of nitrogens with zero attached hydrogens (tertiary/aromatic N) is 1.